The summed E-state index contributed by atoms with van der Waals surface area (Å²) in [5.74, 6) is -0.961. The molecule has 1 aromatic heterocycles. The minimum Gasteiger partial charge on any atom is -0.478 e. The van der Waals surface area contributed by atoms with E-state index in [-0.39, 0.29) is 5.56 Å². The molecule has 3 rings (SSSR count). The van der Waals surface area contributed by atoms with Gasteiger partial charge in [0, 0.05) is 5.56 Å². The van der Waals surface area contributed by atoms with Gasteiger partial charge >= 0.3 is 5.97 Å². The third-order valence-corrected chi connectivity index (χ3v) is 3.21. The Balaban J connectivity index is 2.15. The molecule has 1 heterocycles. The van der Waals surface area contributed by atoms with E-state index < -0.39 is 5.97 Å². The van der Waals surface area contributed by atoms with Gasteiger partial charge in [0.2, 0.25) is 0 Å². The molecule has 4 nitrogen and oxygen atoms in total. The summed E-state index contributed by atoms with van der Waals surface area (Å²) in [6, 6.07) is 12.7. The standard InChI is InChI=1S/C16H12N2O2/c1-10-4-2-3-5-12(10)15-9-17-14-8-11(16(19)20)6-7-13(14)18-15/h2-9H,1H3,(H,19,20). The summed E-state index contributed by atoms with van der Waals surface area (Å²) in [7, 11) is 0. The van der Waals surface area contributed by atoms with Gasteiger partial charge in [-0.25, -0.2) is 9.78 Å². The summed E-state index contributed by atoms with van der Waals surface area (Å²) in [5.41, 5.74) is 4.44. The minimum atomic E-state index is -0.961. The molecule has 0 amide bonds. The lowest BCUT2D eigenvalue weighted by Gasteiger charge is -2.06. The Labute approximate surface area is 115 Å². The molecular formula is C16H12N2O2. The molecule has 98 valence electrons. The number of aryl methyl sites for hydroxylation is 1. The van der Waals surface area contributed by atoms with Gasteiger partial charge in [-0.05, 0) is 30.7 Å². The molecule has 0 saturated heterocycles. The topological polar surface area (TPSA) is 63.1 Å². The molecule has 3 aromatic rings. The summed E-state index contributed by atoms with van der Waals surface area (Å²) in [5, 5.41) is 8.97. The Bertz CT molecular complexity index is 812. The van der Waals surface area contributed by atoms with E-state index in [1.807, 2.05) is 31.2 Å². The van der Waals surface area contributed by atoms with E-state index >= 15 is 0 Å². The van der Waals surface area contributed by atoms with Crippen LogP contribution < -0.4 is 0 Å². The number of aromatic carboxylic acids is 1. The van der Waals surface area contributed by atoms with Crippen LogP contribution in [0.1, 0.15) is 15.9 Å². The highest BCUT2D eigenvalue weighted by atomic mass is 16.4. The highest BCUT2D eigenvalue weighted by molar-refractivity contribution is 5.92. The monoisotopic (exact) mass is 264 g/mol. The molecule has 0 aliphatic rings. The quantitative estimate of drug-likeness (QED) is 0.771. The highest BCUT2D eigenvalue weighted by Crippen LogP contribution is 2.22. The number of nitrogens with zero attached hydrogens (tertiary/aromatic N) is 2. The Kier molecular flexibility index (Phi) is 2.91. The van der Waals surface area contributed by atoms with Gasteiger partial charge < -0.3 is 5.11 Å². The number of carboxylic acid groups (broad SMARTS) is 1. The Morgan fingerprint density at radius 3 is 2.65 bits per heavy atom. The lowest BCUT2D eigenvalue weighted by Crippen LogP contribution is -1.97. The molecule has 4 heteroatoms. The third kappa shape index (κ3) is 2.12. The second-order valence-electron chi connectivity index (χ2n) is 4.58. The van der Waals surface area contributed by atoms with Crippen molar-refractivity contribution in [2.24, 2.45) is 0 Å². The van der Waals surface area contributed by atoms with E-state index in [4.69, 9.17) is 5.11 Å². The van der Waals surface area contributed by atoms with Gasteiger partial charge in [-0.3, -0.25) is 4.98 Å². The van der Waals surface area contributed by atoms with E-state index in [0.29, 0.717) is 11.0 Å². The van der Waals surface area contributed by atoms with Gasteiger partial charge in [-0.1, -0.05) is 24.3 Å². The average molecular weight is 264 g/mol. The van der Waals surface area contributed by atoms with Crippen molar-refractivity contribution in [3.63, 3.8) is 0 Å². The van der Waals surface area contributed by atoms with E-state index in [1.54, 1.807) is 18.3 Å². The van der Waals surface area contributed by atoms with Crippen molar-refractivity contribution < 1.29 is 9.90 Å². The van der Waals surface area contributed by atoms with Crippen molar-refractivity contribution in [3.8, 4) is 11.3 Å². The van der Waals surface area contributed by atoms with Crippen molar-refractivity contribution >= 4 is 17.0 Å². The summed E-state index contributed by atoms with van der Waals surface area (Å²) in [6.45, 7) is 2.02. The van der Waals surface area contributed by atoms with E-state index in [2.05, 4.69) is 9.97 Å². The molecule has 0 radical (unpaired) electrons. The van der Waals surface area contributed by atoms with Crippen LogP contribution in [0, 0.1) is 6.92 Å². The van der Waals surface area contributed by atoms with Gasteiger partial charge in [-0.2, -0.15) is 0 Å². The minimum absolute atomic E-state index is 0.218. The van der Waals surface area contributed by atoms with Crippen LogP contribution in [-0.2, 0) is 0 Å². The third-order valence-electron chi connectivity index (χ3n) is 3.21. The molecule has 0 aliphatic heterocycles. The maximum Gasteiger partial charge on any atom is 0.335 e. The smallest absolute Gasteiger partial charge is 0.335 e. The zero-order valence-electron chi connectivity index (χ0n) is 10.9. The van der Waals surface area contributed by atoms with Crippen LogP contribution >= 0.6 is 0 Å². The largest absolute Gasteiger partial charge is 0.478 e. The van der Waals surface area contributed by atoms with Crippen molar-refractivity contribution in [3.05, 3.63) is 59.8 Å². The van der Waals surface area contributed by atoms with Crippen LogP contribution in [0.4, 0.5) is 0 Å². The summed E-state index contributed by atoms with van der Waals surface area (Å²) < 4.78 is 0. The van der Waals surface area contributed by atoms with Crippen LogP contribution in [0.15, 0.2) is 48.7 Å². The van der Waals surface area contributed by atoms with Crippen molar-refractivity contribution in [2.45, 2.75) is 6.92 Å². The molecule has 0 bridgehead atoms. The molecule has 0 unspecified atom stereocenters. The van der Waals surface area contributed by atoms with Gasteiger partial charge in [-0.15, -0.1) is 0 Å². The molecule has 1 N–H and O–H groups in total. The van der Waals surface area contributed by atoms with Crippen LogP contribution in [0.2, 0.25) is 0 Å². The Hall–Kier alpha value is -2.75. The molecule has 0 saturated carbocycles. The first-order valence-corrected chi connectivity index (χ1v) is 6.21. The lowest BCUT2D eigenvalue weighted by atomic mass is 10.1. The van der Waals surface area contributed by atoms with E-state index in [1.165, 1.54) is 6.07 Å². The second kappa shape index (κ2) is 4.74. The van der Waals surface area contributed by atoms with Crippen molar-refractivity contribution in [1.82, 2.24) is 9.97 Å². The van der Waals surface area contributed by atoms with Gasteiger partial charge in [0.05, 0.1) is 28.5 Å². The summed E-state index contributed by atoms with van der Waals surface area (Å²) in [6.07, 6.45) is 1.68. The first kappa shape index (κ1) is 12.3. The highest BCUT2D eigenvalue weighted by Gasteiger charge is 2.08. The van der Waals surface area contributed by atoms with E-state index in [0.717, 1.165) is 16.8 Å². The van der Waals surface area contributed by atoms with Crippen LogP contribution in [0.25, 0.3) is 22.3 Å². The van der Waals surface area contributed by atoms with Gasteiger partial charge in [0.25, 0.3) is 0 Å². The van der Waals surface area contributed by atoms with Gasteiger partial charge in [0.15, 0.2) is 0 Å². The average Bonchev–Trinajstić information content (AvgIpc) is 2.46. The van der Waals surface area contributed by atoms with E-state index in [9.17, 15) is 4.79 Å². The number of hydrogen-bond donors (Lipinski definition) is 1. The zero-order valence-corrected chi connectivity index (χ0v) is 10.9. The zero-order chi connectivity index (χ0) is 14.1. The number of benzene rings is 2. The second-order valence-corrected chi connectivity index (χ2v) is 4.58. The predicted octanol–water partition coefficient (Wildman–Crippen LogP) is 3.30. The van der Waals surface area contributed by atoms with Crippen molar-refractivity contribution in [1.29, 1.82) is 0 Å². The van der Waals surface area contributed by atoms with Crippen LogP contribution in [0.3, 0.4) is 0 Å². The van der Waals surface area contributed by atoms with Crippen LogP contribution in [0.5, 0.6) is 0 Å². The number of fused-ring (bicyclic) bond motifs is 1. The lowest BCUT2D eigenvalue weighted by molar-refractivity contribution is 0.0697. The normalized spacial score (nSPS) is 10.7. The van der Waals surface area contributed by atoms with Crippen LogP contribution in [-0.4, -0.2) is 21.0 Å². The number of carboxylic acids is 1. The Morgan fingerprint density at radius 2 is 1.90 bits per heavy atom. The molecule has 2 aromatic carbocycles. The maximum absolute atomic E-state index is 10.9. The molecular weight excluding hydrogens is 252 g/mol. The SMILES string of the molecule is Cc1ccccc1-c1cnc2cc(C(=O)O)ccc2n1. The maximum atomic E-state index is 10.9. The van der Waals surface area contributed by atoms with Gasteiger partial charge in [0.1, 0.15) is 0 Å². The number of aromatic nitrogens is 2. The first-order valence-electron chi connectivity index (χ1n) is 6.21. The molecule has 0 atom stereocenters. The fourth-order valence-corrected chi connectivity index (χ4v) is 2.13. The number of hydrogen-bond acceptors (Lipinski definition) is 3. The predicted molar refractivity (Wildman–Crippen MR) is 76.7 cm³/mol. The molecule has 0 fully saturated rings. The molecule has 20 heavy (non-hydrogen) atoms. The first-order chi connectivity index (χ1) is 9.65. The molecule has 0 spiro atoms. The Morgan fingerprint density at radius 1 is 1.10 bits per heavy atom. The number of carbonyl (C=O) groups is 1. The molecule has 0 aliphatic carbocycles. The van der Waals surface area contributed by atoms with Crippen molar-refractivity contribution in [2.75, 3.05) is 0 Å². The summed E-state index contributed by atoms with van der Waals surface area (Å²) >= 11 is 0. The summed E-state index contributed by atoms with van der Waals surface area (Å²) in [4.78, 5) is 19.8. The fraction of sp³-hybridized carbons (Fsp3) is 0.0625. The fourth-order valence-electron chi connectivity index (χ4n) is 2.13. The number of rotatable bonds is 2.